The van der Waals surface area contributed by atoms with Crippen LogP contribution < -0.4 is 10.6 Å². The molecule has 2 N–H and O–H groups in total. The van der Waals surface area contributed by atoms with Gasteiger partial charge in [0.25, 0.3) is 0 Å². The van der Waals surface area contributed by atoms with Crippen LogP contribution in [0.15, 0.2) is 41.9 Å². The second-order valence-electron chi connectivity index (χ2n) is 4.76. The van der Waals surface area contributed by atoms with Gasteiger partial charge in [-0.2, -0.15) is 0 Å². The number of benzene rings is 1. The lowest BCUT2D eigenvalue weighted by molar-refractivity contribution is 0.229. The van der Waals surface area contributed by atoms with E-state index in [4.69, 9.17) is 0 Å². The Hall–Kier alpha value is -1.88. The lowest BCUT2D eigenvalue weighted by atomic mass is 10.1. The molecular weight excluding hydrogens is 258 g/mol. The van der Waals surface area contributed by atoms with Gasteiger partial charge < -0.3 is 10.6 Å². The van der Waals surface area contributed by atoms with E-state index in [0.29, 0.717) is 6.54 Å². The first-order valence-corrected chi connectivity index (χ1v) is 6.96. The predicted molar refractivity (Wildman–Crippen MR) is 77.0 cm³/mol. The molecule has 2 amide bonds. The van der Waals surface area contributed by atoms with Gasteiger partial charge in [0.05, 0.1) is 5.54 Å². The zero-order valence-electron chi connectivity index (χ0n) is 11.0. The van der Waals surface area contributed by atoms with Crippen molar-refractivity contribution in [3.63, 3.8) is 0 Å². The second kappa shape index (κ2) is 5.84. The normalized spacial score (nSPS) is 11.1. The standard InChI is InChI=1S/C14H17N3OS/c1-14(2,12-15-8-9-19-12)17-13(18)16-10-11-6-4-3-5-7-11/h3-9H,10H2,1-2H3,(H2,16,17,18). The lowest BCUT2D eigenvalue weighted by Crippen LogP contribution is -2.46. The Labute approximate surface area is 116 Å². The molecule has 0 aliphatic heterocycles. The molecule has 1 aromatic carbocycles. The van der Waals surface area contributed by atoms with Gasteiger partial charge in [0, 0.05) is 18.1 Å². The fraction of sp³-hybridized carbons (Fsp3) is 0.286. The molecule has 100 valence electrons. The van der Waals surface area contributed by atoms with Gasteiger partial charge in [0.2, 0.25) is 0 Å². The van der Waals surface area contributed by atoms with Crippen LogP contribution in [0.4, 0.5) is 4.79 Å². The third kappa shape index (κ3) is 3.79. The van der Waals surface area contributed by atoms with Crippen LogP contribution in [0.2, 0.25) is 0 Å². The van der Waals surface area contributed by atoms with Gasteiger partial charge in [-0.25, -0.2) is 9.78 Å². The van der Waals surface area contributed by atoms with E-state index in [-0.39, 0.29) is 6.03 Å². The molecule has 4 nitrogen and oxygen atoms in total. The third-order valence-electron chi connectivity index (χ3n) is 2.69. The monoisotopic (exact) mass is 275 g/mol. The van der Waals surface area contributed by atoms with E-state index in [1.807, 2.05) is 49.6 Å². The quantitative estimate of drug-likeness (QED) is 0.901. The highest BCUT2D eigenvalue weighted by Crippen LogP contribution is 2.21. The van der Waals surface area contributed by atoms with Crippen molar-refractivity contribution in [2.75, 3.05) is 0 Å². The second-order valence-corrected chi connectivity index (χ2v) is 5.65. The molecule has 0 radical (unpaired) electrons. The zero-order valence-corrected chi connectivity index (χ0v) is 11.8. The van der Waals surface area contributed by atoms with Crippen molar-refractivity contribution in [3.05, 3.63) is 52.5 Å². The van der Waals surface area contributed by atoms with Gasteiger partial charge in [-0.3, -0.25) is 0 Å². The molecule has 2 aromatic rings. The lowest BCUT2D eigenvalue weighted by Gasteiger charge is -2.23. The number of nitrogens with zero attached hydrogens (tertiary/aromatic N) is 1. The van der Waals surface area contributed by atoms with Crippen LogP contribution in [0.5, 0.6) is 0 Å². The van der Waals surface area contributed by atoms with E-state index < -0.39 is 5.54 Å². The molecule has 0 saturated heterocycles. The summed E-state index contributed by atoms with van der Waals surface area (Å²) in [6.07, 6.45) is 1.74. The molecule has 1 aromatic heterocycles. The molecule has 2 rings (SSSR count). The van der Waals surface area contributed by atoms with Crippen molar-refractivity contribution >= 4 is 17.4 Å². The van der Waals surface area contributed by atoms with Gasteiger partial charge in [-0.15, -0.1) is 11.3 Å². The average molecular weight is 275 g/mol. The first-order valence-electron chi connectivity index (χ1n) is 6.08. The van der Waals surface area contributed by atoms with Crippen LogP contribution in [0.3, 0.4) is 0 Å². The predicted octanol–water partition coefficient (Wildman–Crippen LogP) is 2.88. The summed E-state index contributed by atoms with van der Waals surface area (Å²) in [7, 11) is 0. The van der Waals surface area contributed by atoms with E-state index in [2.05, 4.69) is 15.6 Å². The van der Waals surface area contributed by atoms with Crippen LogP contribution in [-0.2, 0) is 12.1 Å². The fourth-order valence-electron chi connectivity index (χ4n) is 1.69. The van der Waals surface area contributed by atoms with Crippen LogP contribution in [-0.4, -0.2) is 11.0 Å². The highest BCUT2D eigenvalue weighted by Gasteiger charge is 2.25. The number of carbonyl (C=O) groups is 1. The maximum Gasteiger partial charge on any atom is 0.315 e. The Kier molecular flexibility index (Phi) is 4.16. The van der Waals surface area contributed by atoms with E-state index in [1.54, 1.807) is 6.20 Å². The van der Waals surface area contributed by atoms with E-state index in [1.165, 1.54) is 11.3 Å². The first kappa shape index (κ1) is 13.5. The molecule has 1 heterocycles. The molecule has 0 atom stereocenters. The number of urea groups is 1. The number of rotatable bonds is 4. The molecule has 0 aliphatic rings. The molecule has 0 unspecified atom stereocenters. The molecule has 0 bridgehead atoms. The van der Waals surface area contributed by atoms with Crippen molar-refractivity contribution in [3.8, 4) is 0 Å². The van der Waals surface area contributed by atoms with Crippen molar-refractivity contribution in [2.24, 2.45) is 0 Å². The summed E-state index contributed by atoms with van der Waals surface area (Å²) in [6.45, 7) is 4.39. The summed E-state index contributed by atoms with van der Waals surface area (Å²) in [6, 6.07) is 9.63. The SMILES string of the molecule is CC(C)(NC(=O)NCc1ccccc1)c1nccs1. The highest BCUT2D eigenvalue weighted by atomic mass is 32.1. The number of carbonyl (C=O) groups excluding carboxylic acids is 1. The molecule has 0 saturated carbocycles. The Morgan fingerprint density at radius 1 is 1.32 bits per heavy atom. The van der Waals surface area contributed by atoms with Crippen molar-refractivity contribution in [1.82, 2.24) is 15.6 Å². The highest BCUT2D eigenvalue weighted by molar-refractivity contribution is 7.09. The third-order valence-corrected chi connectivity index (χ3v) is 3.79. The summed E-state index contributed by atoms with van der Waals surface area (Å²) in [5.41, 5.74) is 0.610. The summed E-state index contributed by atoms with van der Waals surface area (Å²) in [5, 5.41) is 8.57. The summed E-state index contributed by atoms with van der Waals surface area (Å²) < 4.78 is 0. The minimum absolute atomic E-state index is 0.191. The van der Waals surface area contributed by atoms with Crippen LogP contribution in [0.25, 0.3) is 0 Å². The minimum atomic E-state index is -0.463. The van der Waals surface area contributed by atoms with Gasteiger partial charge in [0.1, 0.15) is 5.01 Å². The maximum atomic E-state index is 11.9. The first-order chi connectivity index (χ1) is 9.08. The fourth-order valence-corrected chi connectivity index (χ4v) is 2.41. The topological polar surface area (TPSA) is 54.0 Å². The number of nitrogens with one attached hydrogen (secondary N) is 2. The zero-order chi connectivity index (χ0) is 13.7. The number of amides is 2. The Morgan fingerprint density at radius 2 is 2.05 bits per heavy atom. The molecule has 19 heavy (non-hydrogen) atoms. The Bertz CT molecular complexity index is 523. The van der Waals surface area contributed by atoms with Crippen molar-refractivity contribution in [2.45, 2.75) is 25.9 Å². The smallest absolute Gasteiger partial charge is 0.315 e. The van der Waals surface area contributed by atoms with Crippen LogP contribution >= 0.6 is 11.3 Å². The summed E-state index contributed by atoms with van der Waals surface area (Å²) in [5.74, 6) is 0. The van der Waals surface area contributed by atoms with Gasteiger partial charge in [-0.1, -0.05) is 30.3 Å². The number of aromatic nitrogens is 1. The maximum absolute atomic E-state index is 11.9. The van der Waals surface area contributed by atoms with E-state index >= 15 is 0 Å². The van der Waals surface area contributed by atoms with Crippen molar-refractivity contribution in [1.29, 1.82) is 0 Å². The largest absolute Gasteiger partial charge is 0.334 e. The summed E-state index contributed by atoms with van der Waals surface area (Å²) in [4.78, 5) is 16.1. The molecule has 5 heteroatoms. The van der Waals surface area contributed by atoms with Gasteiger partial charge >= 0.3 is 6.03 Å². The van der Waals surface area contributed by atoms with Gasteiger partial charge in [-0.05, 0) is 19.4 Å². The van der Waals surface area contributed by atoms with Crippen molar-refractivity contribution < 1.29 is 4.79 Å². The average Bonchev–Trinajstić information content (AvgIpc) is 2.92. The Balaban J connectivity index is 1.88. The van der Waals surface area contributed by atoms with E-state index in [9.17, 15) is 4.79 Å². The summed E-state index contributed by atoms with van der Waals surface area (Å²) >= 11 is 1.53. The van der Waals surface area contributed by atoms with Crippen LogP contribution in [0, 0.1) is 0 Å². The Morgan fingerprint density at radius 3 is 2.68 bits per heavy atom. The molecule has 0 aliphatic carbocycles. The molecular formula is C14H17N3OS. The number of hydrogen-bond acceptors (Lipinski definition) is 3. The van der Waals surface area contributed by atoms with E-state index in [0.717, 1.165) is 10.6 Å². The molecule has 0 fully saturated rings. The molecule has 0 spiro atoms. The number of thiazole rings is 1. The minimum Gasteiger partial charge on any atom is -0.334 e. The van der Waals surface area contributed by atoms with Gasteiger partial charge in [0.15, 0.2) is 0 Å². The van der Waals surface area contributed by atoms with Crippen LogP contribution in [0.1, 0.15) is 24.4 Å². The number of hydrogen-bond donors (Lipinski definition) is 2.